The summed E-state index contributed by atoms with van der Waals surface area (Å²) in [5.74, 6) is 2.40. The van der Waals surface area contributed by atoms with E-state index in [4.69, 9.17) is 4.98 Å². The normalized spacial score (nSPS) is 14.2. The number of rotatable bonds is 4. The highest BCUT2D eigenvalue weighted by molar-refractivity contribution is 5.64. The summed E-state index contributed by atoms with van der Waals surface area (Å²) in [6.07, 6.45) is 3.57. The third-order valence-electron chi connectivity index (χ3n) is 5.04. The molecule has 0 radical (unpaired) electrons. The quantitative estimate of drug-likeness (QED) is 0.750. The summed E-state index contributed by atoms with van der Waals surface area (Å²) in [6.45, 7) is 9.84. The highest BCUT2D eigenvalue weighted by Crippen LogP contribution is 2.25. The van der Waals surface area contributed by atoms with Gasteiger partial charge < -0.3 is 15.1 Å². The fourth-order valence-electron chi connectivity index (χ4n) is 3.69. The van der Waals surface area contributed by atoms with Crippen LogP contribution in [0.5, 0.6) is 0 Å². The van der Waals surface area contributed by atoms with Crippen molar-refractivity contribution >= 4 is 23.3 Å². The Bertz CT molecular complexity index is 927. The van der Waals surface area contributed by atoms with Crippen LogP contribution in [-0.2, 0) is 0 Å². The zero-order valence-corrected chi connectivity index (χ0v) is 16.6. The van der Waals surface area contributed by atoms with Crippen molar-refractivity contribution in [3.05, 3.63) is 59.4 Å². The number of aromatic nitrogens is 4. The van der Waals surface area contributed by atoms with Gasteiger partial charge in [0.05, 0.1) is 6.20 Å². The summed E-state index contributed by atoms with van der Waals surface area (Å²) in [7, 11) is 0. The van der Waals surface area contributed by atoms with Gasteiger partial charge in [-0.15, -0.1) is 5.10 Å². The van der Waals surface area contributed by atoms with Gasteiger partial charge in [-0.1, -0.05) is 23.8 Å². The average molecular weight is 375 g/mol. The molecule has 0 atom stereocenters. The first-order chi connectivity index (χ1) is 13.6. The predicted octanol–water partition coefficient (Wildman–Crippen LogP) is 3.26. The van der Waals surface area contributed by atoms with Gasteiger partial charge in [0.25, 0.3) is 0 Å². The molecule has 1 fully saturated rings. The largest absolute Gasteiger partial charge is 0.353 e. The van der Waals surface area contributed by atoms with Crippen molar-refractivity contribution in [3.63, 3.8) is 0 Å². The van der Waals surface area contributed by atoms with Crippen molar-refractivity contribution in [2.24, 2.45) is 0 Å². The van der Waals surface area contributed by atoms with E-state index in [1.165, 1.54) is 16.7 Å². The molecule has 7 nitrogen and oxygen atoms in total. The van der Waals surface area contributed by atoms with Crippen LogP contribution in [0.1, 0.15) is 16.7 Å². The molecule has 1 aromatic carbocycles. The SMILES string of the molecule is Cc1cc(C)c(Nc2nncc(N3CCN(c4ccccn4)CC3)n2)c(C)c1. The number of anilines is 4. The molecule has 4 rings (SSSR count). The highest BCUT2D eigenvalue weighted by Gasteiger charge is 2.20. The standard InChI is InChI=1S/C21H25N7/c1-15-12-16(2)20(17(3)13-15)25-21-24-19(14-23-26-21)28-10-8-27(9-11-28)18-6-4-5-7-22-18/h4-7,12-14H,8-11H2,1-3H3,(H,24,25,26). The van der Waals surface area contributed by atoms with Crippen molar-refractivity contribution in [1.29, 1.82) is 0 Å². The number of hydrogen-bond acceptors (Lipinski definition) is 7. The Morgan fingerprint density at radius 1 is 0.893 bits per heavy atom. The van der Waals surface area contributed by atoms with E-state index in [2.05, 4.69) is 69.3 Å². The molecule has 1 saturated heterocycles. The fraction of sp³-hybridized carbons (Fsp3) is 0.333. The number of piperazine rings is 1. The minimum atomic E-state index is 0.528. The Balaban J connectivity index is 1.46. The van der Waals surface area contributed by atoms with Gasteiger partial charge in [-0.3, -0.25) is 0 Å². The molecule has 3 aromatic rings. The predicted molar refractivity (Wildman–Crippen MR) is 112 cm³/mol. The first kappa shape index (κ1) is 18.2. The van der Waals surface area contributed by atoms with Gasteiger partial charge in [0, 0.05) is 38.1 Å². The van der Waals surface area contributed by atoms with Gasteiger partial charge in [0.1, 0.15) is 5.82 Å². The smallest absolute Gasteiger partial charge is 0.249 e. The van der Waals surface area contributed by atoms with E-state index in [0.29, 0.717) is 5.95 Å². The van der Waals surface area contributed by atoms with Gasteiger partial charge in [0.2, 0.25) is 5.95 Å². The van der Waals surface area contributed by atoms with Crippen molar-refractivity contribution in [3.8, 4) is 0 Å². The lowest BCUT2D eigenvalue weighted by molar-refractivity contribution is 0.639. The van der Waals surface area contributed by atoms with Crippen molar-refractivity contribution in [2.45, 2.75) is 20.8 Å². The van der Waals surface area contributed by atoms with E-state index < -0.39 is 0 Å². The lowest BCUT2D eigenvalue weighted by atomic mass is 10.1. The average Bonchev–Trinajstić information content (AvgIpc) is 2.72. The zero-order valence-electron chi connectivity index (χ0n) is 16.6. The second kappa shape index (κ2) is 7.80. The van der Waals surface area contributed by atoms with Gasteiger partial charge >= 0.3 is 0 Å². The van der Waals surface area contributed by atoms with Crippen molar-refractivity contribution in [2.75, 3.05) is 41.3 Å². The fourth-order valence-corrected chi connectivity index (χ4v) is 3.69. The summed E-state index contributed by atoms with van der Waals surface area (Å²) in [6, 6.07) is 10.3. The molecular formula is C21H25N7. The Hall–Kier alpha value is -3.22. The molecule has 2 aromatic heterocycles. The Kier molecular flexibility index (Phi) is 5.06. The summed E-state index contributed by atoms with van der Waals surface area (Å²) >= 11 is 0. The molecule has 1 N–H and O–H groups in total. The third-order valence-corrected chi connectivity index (χ3v) is 5.04. The van der Waals surface area contributed by atoms with E-state index in [1.807, 2.05) is 18.3 Å². The number of benzene rings is 1. The first-order valence-electron chi connectivity index (χ1n) is 9.56. The molecule has 0 bridgehead atoms. The van der Waals surface area contributed by atoms with Crippen LogP contribution in [0.3, 0.4) is 0 Å². The van der Waals surface area contributed by atoms with Crippen LogP contribution in [0.2, 0.25) is 0 Å². The molecule has 28 heavy (non-hydrogen) atoms. The maximum atomic E-state index is 4.70. The maximum Gasteiger partial charge on any atom is 0.249 e. The molecule has 3 heterocycles. The number of nitrogens with zero attached hydrogens (tertiary/aromatic N) is 6. The maximum absolute atomic E-state index is 4.70. The second-order valence-corrected chi connectivity index (χ2v) is 7.20. The first-order valence-corrected chi connectivity index (χ1v) is 9.56. The van der Waals surface area contributed by atoms with Crippen LogP contribution in [-0.4, -0.2) is 46.3 Å². The highest BCUT2D eigenvalue weighted by atomic mass is 15.3. The molecule has 0 unspecified atom stereocenters. The van der Waals surface area contributed by atoms with Crippen LogP contribution < -0.4 is 15.1 Å². The van der Waals surface area contributed by atoms with Crippen molar-refractivity contribution < 1.29 is 0 Å². The van der Waals surface area contributed by atoms with Crippen molar-refractivity contribution in [1.82, 2.24) is 20.2 Å². The molecule has 1 aliphatic heterocycles. The monoisotopic (exact) mass is 375 g/mol. The molecule has 0 spiro atoms. The number of pyridine rings is 1. The van der Waals surface area contributed by atoms with Crippen LogP contribution in [0, 0.1) is 20.8 Å². The minimum absolute atomic E-state index is 0.528. The van der Waals surface area contributed by atoms with E-state index in [1.54, 1.807) is 6.20 Å². The molecule has 0 saturated carbocycles. The number of aryl methyl sites for hydroxylation is 3. The third kappa shape index (κ3) is 3.88. The number of hydrogen-bond donors (Lipinski definition) is 1. The summed E-state index contributed by atoms with van der Waals surface area (Å²) in [5, 5.41) is 11.7. The zero-order chi connectivity index (χ0) is 19.5. The van der Waals surface area contributed by atoms with E-state index in [9.17, 15) is 0 Å². The molecule has 7 heteroatoms. The summed E-state index contributed by atoms with van der Waals surface area (Å²) in [4.78, 5) is 13.7. The Labute approximate surface area is 165 Å². The lowest BCUT2D eigenvalue weighted by Gasteiger charge is -2.35. The van der Waals surface area contributed by atoms with E-state index in [0.717, 1.165) is 43.5 Å². The Morgan fingerprint density at radius 2 is 1.57 bits per heavy atom. The summed E-state index contributed by atoms with van der Waals surface area (Å²) in [5.41, 5.74) is 4.65. The molecule has 0 aliphatic carbocycles. The van der Waals surface area contributed by atoms with Gasteiger partial charge in [-0.25, -0.2) is 4.98 Å². The summed E-state index contributed by atoms with van der Waals surface area (Å²) < 4.78 is 0. The lowest BCUT2D eigenvalue weighted by Crippen LogP contribution is -2.47. The topological polar surface area (TPSA) is 70.1 Å². The van der Waals surface area contributed by atoms with Gasteiger partial charge in [0.15, 0.2) is 5.82 Å². The van der Waals surface area contributed by atoms with E-state index >= 15 is 0 Å². The van der Waals surface area contributed by atoms with Gasteiger partial charge in [-0.05, 0) is 44.0 Å². The van der Waals surface area contributed by atoms with Crippen LogP contribution in [0.15, 0.2) is 42.7 Å². The molecule has 1 aliphatic rings. The number of nitrogens with one attached hydrogen (secondary N) is 1. The minimum Gasteiger partial charge on any atom is -0.353 e. The molecule has 144 valence electrons. The molecule has 0 amide bonds. The van der Waals surface area contributed by atoms with Crippen LogP contribution in [0.25, 0.3) is 0 Å². The molecular weight excluding hydrogens is 350 g/mol. The van der Waals surface area contributed by atoms with Crippen LogP contribution in [0.4, 0.5) is 23.3 Å². The van der Waals surface area contributed by atoms with E-state index in [-0.39, 0.29) is 0 Å². The second-order valence-electron chi connectivity index (χ2n) is 7.20. The Morgan fingerprint density at radius 3 is 2.21 bits per heavy atom. The van der Waals surface area contributed by atoms with Gasteiger partial charge in [-0.2, -0.15) is 10.1 Å². The van der Waals surface area contributed by atoms with Crippen LogP contribution >= 0.6 is 0 Å².